The van der Waals surface area contributed by atoms with Crippen molar-refractivity contribution in [3.05, 3.63) is 59.9 Å². The first-order valence-electron chi connectivity index (χ1n) is 8.24. The molecule has 0 spiro atoms. The van der Waals surface area contributed by atoms with Crippen molar-refractivity contribution >= 4 is 0 Å². The van der Waals surface area contributed by atoms with Crippen LogP contribution in [0.1, 0.15) is 24.0 Å². The Morgan fingerprint density at radius 3 is 2.74 bits per heavy atom. The highest BCUT2D eigenvalue weighted by atomic mass is 16.5. The molecule has 2 aromatic rings. The van der Waals surface area contributed by atoms with E-state index in [1.807, 2.05) is 19.2 Å². The number of ether oxygens (including phenoxy) is 1. The number of nitrogens with two attached hydrogens (primary N) is 1. The van der Waals surface area contributed by atoms with Crippen LogP contribution in [0.25, 0.3) is 0 Å². The lowest BCUT2D eigenvalue weighted by atomic mass is 9.96. The molecular weight excluding hydrogens is 286 g/mol. The summed E-state index contributed by atoms with van der Waals surface area (Å²) in [6.07, 6.45) is 6.05. The molecule has 1 unspecified atom stereocenters. The third kappa shape index (κ3) is 4.30. The van der Waals surface area contributed by atoms with Crippen molar-refractivity contribution in [2.75, 3.05) is 19.7 Å². The molecule has 1 aromatic heterocycles. The van der Waals surface area contributed by atoms with Crippen LogP contribution in [0.15, 0.2) is 48.8 Å². The van der Waals surface area contributed by atoms with Gasteiger partial charge >= 0.3 is 0 Å². The van der Waals surface area contributed by atoms with Gasteiger partial charge in [-0.3, -0.25) is 4.98 Å². The quantitative estimate of drug-likeness (QED) is 0.786. The second-order valence-corrected chi connectivity index (χ2v) is 6.55. The summed E-state index contributed by atoms with van der Waals surface area (Å²) in [5.41, 5.74) is 8.99. The van der Waals surface area contributed by atoms with E-state index >= 15 is 0 Å². The topological polar surface area (TPSA) is 60.2 Å². The van der Waals surface area contributed by atoms with E-state index < -0.39 is 0 Å². The zero-order valence-electron chi connectivity index (χ0n) is 13.7. The van der Waals surface area contributed by atoms with Crippen molar-refractivity contribution in [3.8, 4) is 5.75 Å². The van der Waals surface area contributed by atoms with Crippen LogP contribution in [0.3, 0.4) is 0 Å². The van der Waals surface area contributed by atoms with Crippen molar-refractivity contribution in [3.63, 3.8) is 0 Å². The fourth-order valence-electron chi connectivity index (χ4n) is 2.88. The normalized spacial score (nSPS) is 16.8. The summed E-state index contributed by atoms with van der Waals surface area (Å²) in [5.74, 6) is 0.781. The third-order valence-electron chi connectivity index (χ3n) is 4.42. The molecule has 23 heavy (non-hydrogen) atoms. The van der Waals surface area contributed by atoms with E-state index in [1.54, 1.807) is 6.20 Å². The van der Waals surface area contributed by atoms with Gasteiger partial charge in [-0.1, -0.05) is 30.3 Å². The number of rotatable bonds is 8. The Balaban J connectivity index is 1.41. The molecule has 1 fully saturated rings. The Labute approximate surface area is 138 Å². The Hall–Kier alpha value is -1.91. The van der Waals surface area contributed by atoms with E-state index in [9.17, 15) is 0 Å². The van der Waals surface area contributed by atoms with Gasteiger partial charge in [0.2, 0.25) is 0 Å². The van der Waals surface area contributed by atoms with Gasteiger partial charge in [-0.25, -0.2) is 0 Å². The van der Waals surface area contributed by atoms with Gasteiger partial charge in [0.05, 0.1) is 12.2 Å². The van der Waals surface area contributed by atoms with Crippen molar-refractivity contribution in [1.82, 2.24) is 10.3 Å². The molecule has 1 aliphatic rings. The number of nitrogens with one attached hydrogen (secondary N) is 1. The predicted octanol–water partition coefficient (Wildman–Crippen LogP) is 2.42. The summed E-state index contributed by atoms with van der Waals surface area (Å²) in [6, 6.07) is 12.7. The van der Waals surface area contributed by atoms with Crippen molar-refractivity contribution in [2.45, 2.75) is 31.2 Å². The number of nitrogens with zero attached hydrogens (tertiary/aromatic N) is 1. The minimum atomic E-state index is -0.0258. The van der Waals surface area contributed by atoms with Gasteiger partial charge in [0.15, 0.2) is 0 Å². The molecule has 3 N–H and O–H groups in total. The zero-order valence-corrected chi connectivity index (χ0v) is 13.7. The first kappa shape index (κ1) is 16.0. The molecule has 3 rings (SSSR count). The highest BCUT2D eigenvalue weighted by molar-refractivity contribution is 5.31. The molecule has 1 aromatic carbocycles. The monoisotopic (exact) mass is 311 g/mol. The molecule has 4 heteroatoms. The van der Waals surface area contributed by atoms with Crippen LogP contribution < -0.4 is 15.8 Å². The average Bonchev–Trinajstić information content (AvgIpc) is 3.35. The van der Waals surface area contributed by atoms with Crippen LogP contribution in [0.2, 0.25) is 0 Å². The molecule has 1 atom stereocenters. The minimum Gasteiger partial charge on any atom is -0.490 e. The minimum absolute atomic E-state index is 0.0258. The summed E-state index contributed by atoms with van der Waals surface area (Å²) in [5, 5.41) is 3.51. The number of aryl methyl sites for hydroxylation is 1. The molecule has 1 heterocycles. The summed E-state index contributed by atoms with van der Waals surface area (Å²) in [6.45, 7) is 4.24. The summed E-state index contributed by atoms with van der Waals surface area (Å²) < 4.78 is 5.70. The largest absolute Gasteiger partial charge is 0.490 e. The maximum absolute atomic E-state index is 6.14. The fourth-order valence-corrected chi connectivity index (χ4v) is 2.88. The van der Waals surface area contributed by atoms with E-state index in [0.717, 1.165) is 24.4 Å². The number of hydrogen-bond donors (Lipinski definition) is 2. The Kier molecular flexibility index (Phi) is 4.94. The highest BCUT2D eigenvalue weighted by Crippen LogP contribution is 2.47. The van der Waals surface area contributed by atoms with Gasteiger partial charge in [0.1, 0.15) is 12.4 Å². The van der Waals surface area contributed by atoms with E-state index in [1.165, 1.54) is 18.4 Å². The lowest BCUT2D eigenvalue weighted by Gasteiger charge is -2.19. The van der Waals surface area contributed by atoms with Gasteiger partial charge in [-0.15, -0.1) is 0 Å². The highest BCUT2D eigenvalue weighted by Gasteiger charge is 2.43. The standard InChI is InChI=1S/C19H25N3O/c1-15-9-18(12-21-10-15)23-13-17(20)11-22-14-19(7-8-19)16-5-3-2-4-6-16/h2-6,9-10,12,17,22H,7-8,11,13-14,20H2,1H3. The first-order chi connectivity index (χ1) is 11.2. The molecule has 0 saturated heterocycles. The van der Waals surface area contributed by atoms with Crippen LogP contribution in [-0.2, 0) is 5.41 Å². The summed E-state index contributed by atoms with van der Waals surface area (Å²) in [4.78, 5) is 4.12. The Bertz CT molecular complexity index is 626. The van der Waals surface area contributed by atoms with E-state index in [4.69, 9.17) is 10.5 Å². The molecule has 122 valence electrons. The summed E-state index contributed by atoms with van der Waals surface area (Å²) in [7, 11) is 0. The Morgan fingerprint density at radius 1 is 1.26 bits per heavy atom. The van der Waals surface area contributed by atoms with Crippen LogP contribution >= 0.6 is 0 Å². The van der Waals surface area contributed by atoms with Crippen LogP contribution in [0, 0.1) is 6.92 Å². The second kappa shape index (κ2) is 7.11. The van der Waals surface area contributed by atoms with Gasteiger partial charge in [0, 0.05) is 24.7 Å². The second-order valence-electron chi connectivity index (χ2n) is 6.55. The molecule has 0 radical (unpaired) electrons. The SMILES string of the molecule is Cc1cncc(OCC(N)CNCC2(c3ccccc3)CC2)c1. The lowest BCUT2D eigenvalue weighted by Crippen LogP contribution is -2.41. The zero-order chi connectivity index (χ0) is 16.1. The molecule has 1 saturated carbocycles. The smallest absolute Gasteiger partial charge is 0.137 e. The van der Waals surface area contributed by atoms with E-state index in [0.29, 0.717) is 12.0 Å². The maximum atomic E-state index is 6.14. The maximum Gasteiger partial charge on any atom is 0.137 e. The molecule has 1 aliphatic carbocycles. The Morgan fingerprint density at radius 2 is 2.04 bits per heavy atom. The number of pyridine rings is 1. The van der Waals surface area contributed by atoms with Gasteiger partial charge in [-0.05, 0) is 37.0 Å². The van der Waals surface area contributed by atoms with Crippen LogP contribution in [0.4, 0.5) is 0 Å². The van der Waals surface area contributed by atoms with Crippen LogP contribution in [-0.4, -0.2) is 30.7 Å². The molecule has 4 nitrogen and oxygen atoms in total. The van der Waals surface area contributed by atoms with Crippen molar-refractivity contribution < 1.29 is 4.74 Å². The average molecular weight is 311 g/mol. The molecule has 0 bridgehead atoms. The summed E-state index contributed by atoms with van der Waals surface area (Å²) >= 11 is 0. The molecule has 0 amide bonds. The fraction of sp³-hybridized carbons (Fsp3) is 0.421. The lowest BCUT2D eigenvalue weighted by molar-refractivity contribution is 0.282. The third-order valence-corrected chi connectivity index (χ3v) is 4.42. The van der Waals surface area contributed by atoms with Gasteiger partial charge < -0.3 is 15.8 Å². The van der Waals surface area contributed by atoms with E-state index in [-0.39, 0.29) is 6.04 Å². The van der Waals surface area contributed by atoms with E-state index in [2.05, 4.69) is 40.6 Å². The number of aromatic nitrogens is 1. The van der Waals surface area contributed by atoms with Gasteiger partial charge in [0.25, 0.3) is 0 Å². The number of hydrogen-bond acceptors (Lipinski definition) is 4. The first-order valence-corrected chi connectivity index (χ1v) is 8.24. The molecule has 0 aliphatic heterocycles. The molecular formula is C19H25N3O. The van der Waals surface area contributed by atoms with Crippen LogP contribution in [0.5, 0.6) is 5.75 Å². The van der Waals surface area contributed by atoms with Crippen molar-refractivity contribution in [1.29, 1.82) is 0 Å². The van der Waals surface area contributed by atoms with Gasteiger partial charge in [-0.2, -0.15) is 0 Å². The predicted molar refractivity (Wildman–Crippen MR) is 92.7 cm³/mol. The number of benzene rings is 1. The van der Waals surface area contributed by atoms with Crippen molar-refractivity contribution in [2.24, 2.45) is 5.73 Å².